The van der Waals surface area contributed by atoms with Gasteiger partial charge in [-0.1, -0.05) is 13.8 Å². The lowest BCUT2D eigenvalue weighted by Gasteiger charge is -2.28. The number of hydrogen-bond acceptors (Lipinski definition) is 3. The number of aryl methyl sites for hydroxylation is 1. The average Bonchev–Trinajstić information content (AvgIpc) is 2.95. The van der Waals surface area contributed by atoms with Crippen LogP contribution in [0.25, 0.3) is 0 Å². The lowest BCUT2D eigenvalue weighted by atomic mass is 9.87. The van der Waals surface area contributed by atoms with Gasteiger partial charge in [0.2, 0.25) is 0 Å². The van der Waals surface area contributed by atoms with Gasteiger partial charge in [-0.05, 0) is 44.9 Å². The highest BCUT2D eigenvalue weighted by Gasteiger charge is 2.18. The highest BCUT2D eigenvalue weighted by Crippen LogP contribution is 2.23. The molecule has 2 rings (SSSR count). The van der Waals surface area contributed by atoms with E-state index in [1.807, 2.05) is 0 Å². The first-order chi connectivity index (χ1) is 10.2. The maximum absolute atomic E-state index is 4.68. The van der Waals surface area contributed by atoms with Gasteiger partial charge in [-0.3, -0.25) is 0 Å². The van der Waals surface area contributed by atoms with Crippen LogP contribution >= 0.6 is 35.3 Å². The first kappa shape index (κ1) is 19.7. The molecule has 2 N–H and O–H groups in total. The van der Waals surface area contributed by atoms with Gasteiger partial charge in [0.15, 0.2) is 5.96 Å². The van der Waals surface area contributed by atoms with Crippen molar-refractivity contribution >= 4 is 41.3 Å². The van der Waals surface area contributed by atoms with Crippen molar-refractivity contribution in [1.82, 2.24) is 15.6 Å². The van der Waals surface area contributed by atoms with Crippen LogP contribution in [0.2, 0.25) is 0 Å². The molecule has 1 aliphatic carbocycles. The summed E-state index contributed by atoms with van der Waals surface area (Å²) < 4.78 is 0. The van der Waals surface area contributed by atoms with E-state index < -0.39 is 0 Å². The number of guanidine groups is 1. The van der Waals surface area contributed by atoms with Crippen LogP contribution in [-0.2, 0) is 13.0 Å². The number of nitrogens with one attached hydrogen (secondary N) is 2. The van der Waals surface area contributed by atoms with Crippen LogP contribution in [-0.4, -0.2) is 23.5 Å². The van der Waals surface area contributed by atoms with E-state index in [4.69, 9.17) is 0 Å². The molecule has 126 valence electrons. The van der Waals surface area contributed by atoms with Crippen LogP contribution in [0.1, 0.15) is 57.2 Å². The van der Waals surface area contributed by atoms with E-state index in [2.05, 4.69) is 46.8 Å². The van der Waals surface area contributed by atoms with E-state index >= 15 is 0 Å². The van der Waals surface area contributed by atoms with Crippen LogP contribution < -0.4 is 10.6 Å². The maximum Gasteiger partial charge on any atom is 0.191 e. The average molecular weight is 436 g/mol. The highest BCUT2D eigenvalue weighted by atomic mass is 127. The predicted octanol–water partition coefficient (Wildman–Crippen LogP) is 3.96. The molecule has 22 heavy (non-hydrogen) atoms. The Hall–Kier alpha value is -0.370. The topological polar surface area (TPSA) is 49.3 Å². The third kappa shape index (κ3) is 6.40. The minimum Gasteiger partial charge on any atom is -0.357 e. The molecule has 1 aromatic rings. The van der Waals surface area contributed by atoms with Crippen molar-refractivity contribution in [2.75, 3.05) is 6.54 Å². The van der Waals surface area contributed by atoms with Gasteiger partial charge in [0.05, 0.1) is 17.2 Å². The van der Waals surface area contributed by atoms with Crippen LogP contribution in [0.4, 0.5) is 0 Å². The molecule has 1 aromatic heterocycles. The zero-order valence-corrected chi connectivity index (χ0v) is 17.0. The molecule has 1 fully saturated rings. The Kier molecular flexibility index (Phi) is 9.31. The Balaban J connectivity index is 0.00000242. The van der Waals surface area contributed by atoms with Gasteiger partial charge >= 0.3 is 0 Å². The molecule has 0 atom stereocenters. The molecule has 0 radical (unpaired) electrons. The second kappa shape index (κ2) is 10.4. The first-order valence-electron chi connectivity index (χ1n) is 8.19. The van der Waals surface area contributed by atoms with Crippen LogP contribution in [0, 0.1) is 5.92 Å². The van der Waals surface area contributed by atoms with E-state index in [0.717, 1.165) is 30.5 Å². The standard InChI is InChI=1S/C16H28N4S.HI/c1-4-15-19-14(11-21-15)10-18-16(17-5-2)20-13-8-6-12(3)7-9-13;/h11-13H,4-10H2,1-3H3,(H2,17,18,20);1H. The number of rotatable bonds is 5. The molecular weight excluding hydrogens is 407 g/mol. The van der Waals surface area contributed by atoms with Crippen LogP contribution in [0.3, 0.4) is 0 Å². The molecule has 6 heteroatoms. The van der Waals surface area contributed by atoms with Crippen molar-refractivity contribution in [3.8, 4) is 0 Å². The van der Waals surface area contributed by atoms with Crippen molar-refractivity contribution < 1.29 is 0 Å². The second-order valence-electron chi connectivity index (χ2n) is 5.88. The second-order valence-corrected chi connectivity index (χ2v) is 6.83. The number of nitrogens with zero attached hydrogens (tertiary/aromatic N) is 2. The number of aliphatic imine (C=N–C) groups is 1. The van der Waals surface area contributed by atoms with Gasteiger partial charge in [-0.2, -0.15) is 0 Å². The summed E-state index contributed by atoms with van der Waals surface area (Å²) in [6.07, 6.45) is 6.16. The van der Waals surface area contributed by atoms with Crippen molar-refractivity contribution in [3.05, 3.63) is 16.1 Å². The predicted molar refractivity (Wildman–Crippen MR) is 106 cm³/mol. The van der Waals surface area contributed by atoms with E-state index in [1.165, 1.54) is 30.7 Å². The molecule has 0 unspecified atom stereocenters. The van der Waals surface area contributed by atoms with Crippen molar-refractivity contribution in [3.63, 3.8) is 0 Å². The molecule has 0 saturated heterocycles. The van der Waals surface area contributed by atoms with Crippen molar-refractivity contribution in [1.29, 1.82) is 0 Å². The first-order valence-corrected chi connectivity index (χ1v) is 9.07. The van der Waals surface area contributed by atoms with Crippen molar-refractivity contribution in [2.24, 2.45) is 10.9 Å². The zero-order chi connectivity index (χ0) is 15.1. The third-order valence-corrected chi connectivity index (χ3v) is 5.04. The number of halogens is 1. The van der Waals surface area contributed by atoms with Gasteiger partial charge in [-0.25, -0.2) is 9.98 Å². The molecule has 0 spiro atoms. The number of thiazole rings is 1. The van der Waals surface area contributed by atoms with Crippen molar-refractivity contribution in [2.45, 2.75) is 65.5 Å². The fourth-order valence-corrected chi connectivity index (χ4v) is 3.40. The van der Waals surface area contributed by atoms with Crippen LogP contribution in [0.15, 0.2) is 10.4 Å². The summed E-state index contributed by atoms with van der Waals surface area (Å²) in [5.41, 5.74) is 1.08. The maximum atomic E-state index is 4.68. The summed E-state index contributed by atoms with van der Waals surface area (Å²) in [5, 5.41) is 10.2. The third-order valence-electron chi connectivity index (χ3n) is 4.00. The summed E-state index contributed by atoms with van der Waals surface area (Å²) in [4.78, 5) is 9.26. The Morgan fingerprint density at radius 2 is 2.05 bits per heavy atom. The molecule has 0 bridgehead atoms. The summed E-state index contributed by atoms with van der Waals surface area (Å²) >= 11 is 1.73. The van der Waals surface area contributed by atoms with Gasteiger partial charge in [0.25, 0.3) is 0 Å². The molecule has 4 nitrogen and oxygen atoms in total. The SMILES string of the molecule is CCNC(=NCc1csc(CC)n1)NC1CCC(C)CC1.I. The summed E-state index contributed by atoms with van der Waals surface area (Å²) in [6.45, 7) is 8.16. The quantitative estimate of drug-likeness (QED) is 0.418. The number of hydrogen-bond donors (Lipinski definition) is 2. The zero-order valence-electron chi connectivity index (χ0n) is 13.9. The molecule has 1 saturated carbocycles. The normalized spacial score (nSPS) is 22.0. The summed E-state index contributed by atoms with van der Waals surface area (Å²) in [5.74, 6) is 1.81. The molecule has 0 amide bonds. The molecule has 1 aliphatic rings. The highest BCUT2D eigenvalue weighted by molar-refractivity contribution is 14.0. The lowest BCUT2D eigenvalue weighted by Crippen LogP contribution is -2.44. The van der Waals surface area contributed by atoms with E-state index in [-0.39, 0.29) is 24.0 Å². The molecule has 0 aromatic carbocycles. The van der Waals surface area contributed by atoms with Gasteiger partial charge in [-0.15, -0.1) is 35.3 Å². The van der Waals surface area contributed by atoms with Gasteiger partial charge in [0.1, 0.15) is 0 Å². The van der Waals surface area contributed by atoms with Crippen LogP contribution in [0.5, 0.6) is 0 Å². The fourth-order valence-electron chi connectivity index (χ4n) is 2.66. The Morgan fingerprint density at radius 1 is 1.32 bits per heavy atom. The van der Waals surface area contributed by atoms with Gasteiger partial charge < -0.3 is 10.6 Å². The van der Waals surface area contributed by atoms with E-state index in [0.29, 0.717) is 12.6 Å². The summed E-state index contributed by atoms with van der Waals surface area (Å²) in [6, 6.07) is 0.570. The van der Waals surface area contributed by atoms with Gasteiger partial charge in [0, 0.05) is 18.0 Å². The monoisotopic (exact) mass is 436 g/mol. The minimum atomic E-state index is 0. The lowest BCUT2D eigenvalue weighted by molar-refractivity contribution is 0.329. The largest absolute Gasteiger partial charge is 0.357 e. The molecular formula is C16H29IN4S. The fraction of sp³-hybridized carbons (Fsp3) is 0.750. The molecule has 0 aliphatic heterocycles. The minimum absolute atomic E-state index is 0. The Morgan fingerprint density at radius 3 is 2.64 bits per heavy atom. The van der Waals surface area contributed by atoms with E-state index in [9.17, 15) is 0 Å². The smallest absolute Gasteiger partial charge is 0.191 e. The Labute approximate surface area is 155 Å². The summed E-state index contributed by atoms with van der Waals surface area (Å²) in [7, 11) is 0. The van der Waals surface area contributed by atoms with E-state index in [1.54, 1.807) is 11.3 Å². The molecule has 1 heterocycles. The Bertz CT molecular complexity index is 453. The number of aromatic nitrogens is 1.